The molecule has 5 atom stereocenters. The number of carbonyl (C=O) groups is 2. The topological polar surface area (TPSA) is 112 Å². The van der Waals surface area contributed by atoms with Gasteiger partial charge in [0.1, 0.15) is 4.17 Å². The van der Waals surface area contributed by atoms with Gasteiger partial charge in [0, 0.05) is 43.7 Å². The second-order valence-electron chi connectivity index (χ2n) is 10.4. The Labute approximate surface area is 225 Å². The maximum Gasteiger partial charge on any atom is 0.230 e. The third kappa shape index (κ3) is 6.36. The summed E-state index contributed by atoms with van der Waals surface area (Å²) >= 11 is 4.15. The molecule has 5 rings (SSSR count). The lowest BCUT2D eigenvalue weighted by molar-refractivity contribution is -0.125. The summed E-state index contributed by atoms with van der Waals surface area (Å²) in [5.74, 6) is 0.684. The van der Waals surface area contributed by atoms with Crippen molar-refractivity contribution in [3.63, 3.8) is 0 Å². The summed E-state index contributed by atoms with van der Waals surface area (Å²) < 4.78 is 0.0654. The maximum atomic E-state index is 13.4. The lowest BCUT2D eigenvalue weighted by atomic mass is 9.85. The molecule has 0 spiro atoms. The fraction of sp³-hybridized carbons (Fsp3) is 0.720. The van der Waals surface area contributed by atoms with Gasteiger partial charge in [-0.2, -0.15) is 0 Å². The summed E-state index contributed by atoms with van der Waals surface area (Å²) in [5, 5.41) is 10.0. The number of nitrogens with one attached hydrogen (secondary N) is 3. The molecule has 0 radical (unpaired) electrons. The second kappa shape index (κ2) is 11.4. The van der Waals surface area contributed by atoms with Gasteiger partial charge in [-0.05, 0) is 96.8 Å². The quantitative estimate of drug-likeness (QED) is 0.131. The summed E-state index contributed by atoms with van der Waals surface area (Å²) in [5.41, 5.74) is 7.00. The largest absolute Gasteiger partial charge is 0.403 e. The van der Waals surface area contributed by atoms with Gasteiger partial charge in [0.2, 0.25) is 11.8 Å². The van der Waals surface area contributed by atoms with Crippen molar-refractivity contribution in [3.8, 4) is 0 Å². The molecule has 0 aromatic carbocycles. The molecule has 2 saturated carbocycles. The lowest BCUT2D eigenvalue weighted by Crippen LogP contribution is -2.50. The monoisotopic (exact) mass is 612 g/mol. The third-order valence-electron chi connectivity index (χ3n) is 7.61. The first-order valence-corrected chi connectivity index (χ1v) is 15.2. The summed E-state index contributed by atoms with van der Waals surface area (Å²) in [6.07, 6.45) is 14.9. The molecule has 2 fully saturated rings. The fourth-order valence-corrected chi connectivity index (χ4v) is 7.85. The second-order valence-corrected chi connectivity index (χ2v) is 12.8. The Kier molecular flexibility index (Phi) is 8.28. The number of aliphatic imine (C=N–C) groups is 1. The van der Waals surface area contributed by atoms with Gasteiger partial charge >= 0.3 is 0 Å². The molecule has 192 valence electrons. The first kappa shape index (κ1) is 25.4. The molecule has 0 bridgehead atoms. The first-order valence-electron chi connectivity index (χ1n) is 13.1. The van der Waals surface area contributed by atoms with E-state index in [-0.39, 0.29) is 45.3 Å². The van der Waals surface area contributed by atoms with E-state index in [1.54, 1.807) is 18.0 Å². The van der Waals surface area contributed by atoms with Crippen molar-refractivity contribution in [2.45, 2.75) is 79.4 Å². The average Bonchev–Trinajstić information content (AvgIpc) is 3.78. The summed E-state index contributed by atoms with van der Waals surface area (Å²) in [6.45, 7) is 1.66. The molecular weight excluding hydrogens is 575 g/mol. The van der Waals surface area contributed by atoms with Crippen LogP contribution in [0.5, 0.6) is 0 Å². The molecule has 4 unspecified atom stereocenters. The van der Waals surface area contributed by atoms with Crippen molar-refractivity contribution in [2.24, 2.45) is 28.5 Å². The van der Waals surface area contributed by atoms with E-state index in [1.165, 1.54) is 23.3 Å². The van der Waals surface area contributed by atoms with Crippen LogP contribution < -0.4 is 21.7 Å². The molecule has 35 heavy (non-hydrogen) atoms. The SMILES string of the molecule is N/C=C\N(C1C=NCCC1)C(I)N[C@H]1CCC2=C(C1)C(C(=O)NCC1CC1)C(NC(=O)C1CC1)S2. The Morgan fingerprint density at radius 3 is 2.74 bits per heavy atom. The normalized spacial score (nSPS) is 31.3. The summed E-state index contributed by atoms with van der Waals surface area (Å²) in [6, 6.07) is 0.503. The van der Waals surface area contributed by atoms with E-state index >= 15 is 0 Å². The zero-order chi connectivity index (χ0) is 24.4. The summed E-state index contributed by atoms with van der Waals surface area (Å²) in [7, 11) is 0. The molecule has 10 heteroatoms. The molecule has 2 aliphatic heterocycles. The minimum Gasteiger partial charge on any atom is -0.403 e. The van der Waals surface area contributed by atoms with Crippen molar-refractivity contribution in [1.82, 2.24) is 20.9 Å². The minimum absolute atomic E-state index is 0.0654. The molecule has 3 aliphatic carbocycles. The molecule has 0 saturated heterocycles. The number of hydrogen-bond acceptors (Lipinski definition) is 7. The average molecular weight is 613 g/mol. The van der Waals surface area contributed by atoms with Gasteiger partial charge in [-0.25, -0.2) is 0 Å². The smallest absolute Gasteiger partial charge is 0.230 e. The van der Waals surface area contributed by atoms with Gasteiger partial charge < -0.3 is 21.3 Å². The van der Waals surface area contributed by atoms with Crippen molar-refractivity contribution in [3.05, 3.63) is 22.9 Å². The first-order chi connectivity index (χ1) is 17.0. The van der Waals surface area contributed by atoms with Crippen molar-refractivity contribution in [2.75, 3.05) is 13.1 Å². The van der Waals surface area contributed by atoms with Gasteiger partial charge in [-0.3, -0.25) is 19.9 Å². The predicted octanol–water partition coefficient (Wildman–Crippen LogP) is 2.81. The minimum atomic E-state index is -0.278. The van der Waals surface area contributed by atoms with E-state index in [2.05, 4.69) is 48.4 Å². The number of carbonyl (C=O) groups excluding carboxylic acids is 2. The van der Waals surface area contributed by atoms with Crippen LogP contribution in [0.4, 0.5) is 0 Å². The van der Waals surface area contributed by atoms with E-state index in [0.29, 0.717) is 5.92 Å². The Balaban J connectivity index is 1.25. The van der Waals surface area contributed by atoms with E-state index in [1.807, 2.05) is 12.4 Å². The van der Waals surface area contributed by atoms with E-state index in [4.69, 9.17) is 5.73 Å². The van der Waals surface area contributed by atoms with Crippen LogP contribution in [-0.4, -0.2) is 57.6 Å². The van der Waals surface area contributed by atoms with Gasteiger partial charge in [0.15, 0.2) is 0 Å². The number of halogens is 1. The van der Waals surface area contributed by atoms with Crippen LogP contribution in [0.1, 0.15) is 57.8 Å². The fourth-order valence-electron chi connectivity index (χ4n) is 5.24. The molecule has 2 heterocycles. The zero-order valence-corrected chi connectivity index (χ0v) is 23.1. The highest BCUT2D eigenvalue weighted by atomic mass is 127. The molecule has 5 aliphatic rings. The number of thioether (sulfide) groups is 1. The highest BCUT2D eigenvalue weighted by Crippen LogP contribution is 2.48. The van der Waals surface area contributed by atoms with Crippen LogP contribution in [0.3, 0.4) is 0 Å². The highest BCUT2D eigenvalue weighted by Gasteiger charge is 2.45. The van der Waals surface area contributed by atoms with Gasteiger partial charge in [-0.15, -0.1) is 11.8 Å². The van der Waals surface area contributed by atoms with Gasteiger partial charge in [-0.1, -0.05) is 0 Å². The Morgan fingerprint density at radius 2 is 2.06 bits per heavy atom. The highest BCUT2D eigenvalue weighted by molar-refractivity contribution is 14.1. The third-order valence-corrected chi connectivity index (χ3v) is 10.0. The van der Waals surface area contributed by atoms with Crippen LogP contribution in [-0.2, 0) is 9.59 Å². The van der Waals surface area contributed by atoms with Crippen LogP contribution in [0, 0.1) is 17.8 Å². The summed E-state index contributed by atoms with van der Waals surface area (Å²) in [4.78, 5) is 34.0. The number of nitrogens with two attached hydrogens (primary N) is 1. The van der Waals surface area contributed by atoms with Crippen molar-refractivity contribution in [1.29, 1.82) is 0 Å². The van der Waals surface area contributed by atoms with E-state index in [0.717, 1.165) is 58.0 Å². The standard InChI is InChI=1S/C25H37IN6O2S/c26-25(32(11-9-27)18-2-1-10-28-14-18)30-17-7-8-20-19(12-17)21(23(34)29-13-15-3-4-15)24(35-20)31-22(33)16-5-6-16/h9,11,14-18,21,24-25,30H,1-8,10,12-13,27H2,(H,29,34)(H,31,33)/b11-9-/t17-,18?,21?,24?,25?/m0/s1. The number of amides is 2. The maximum absolute atomic E-state index is 13.4. The van der Waals surface area contributed by atoms with Crippen molar-refractivity contribution >= 4 is 52.4 Å². The van der Waals surface area contributed by atoms with Crippen LogP contribution >= 0.6 is 34.4 Å². The molecule has 0 aromatic heterocycles. The number of hydrogen-bond donors (Lipinski definition) is 4. The molecule has 8 nitrogen and oxygen atoms in total. The van der Waals surface area contributed by atoms with Gasteiger partial charge in [0.05, 0.1) is 17.3 Å². The molecule has 5 N–H and O–H groups in total. The molecular formula is C25H37IN6O2S. The van der Waals surface area contributed by atoms with Crippen LogP contribution in [0.2, 0.25) is 0 Å². The van der Waals surface area contributed by atoms with Crippen LogP contribution in [0.25, 0.3) is 0 Å². The number of rotatable bonds is 10. The van der Waals surface area contributed by atoms with Crippen molar-refractivity contribution < 1.29 is 9.59 Å². The van der Waals surface area contributed by atoms with Crippen LogP contribution in [0.15, 0.2) is 27.9 Å². The number of alkyl halides is 1. The lowest BCUT2D eigenvalue weighted by Gasteiger charge is -2.37. The number of allylic oxidation sites excluding steroid dienone is 1. The van der Waals surface area contributed by atoms with Gasteiger partial charge in [0.25, 0.3) is 0 Å². The molecule has 0 aromatic rings. The Bertz CT molecular complexity index is 902. The van der Waals surface area contributed by atoms with E-state index in [9.17, 15) is 9.59 Å². The molecule has 2 amide bonds. The Hall–Kier alpha value is -1.27. The zero-order valence-electron chi connectivity index (χ0n) is 20.1. The van der Waals surface area contributed by atoms with E-state index < -0.39 is 0 Å². The number of nitrogens with zero attached hydrogens (tertiary/aromatic N) is 2. The predicted molar refractivity (Wildman–Crippen MR) is 149 cm³/mol. The Morgan fingerprint density at radius 1 is 1.23 bits per heavy atom.